The Bertz CT molecular complexity index is 827. The number of rotatable bonds is 4. The third-order valence-electron chi connectivity index (χ3n) is 3.76. The largest absolute Gasteiger partial charge is 0.352 e. The smallest absolute Gasteiger partial charge is 0.226 e. The maximum absolute atomic E-state index is 12.0. The van der Waals surface area contributed by atoms with Crippen molar-refractivity contribution in [1.82, 2.24) is 10.3 Å². The molecule has 1 aliphatic heterocycles. The molecule has 23 heavy (non-hydrogen) atoms. The van der Waals surface area contributed by atoms with Gasteiger partial charge in [-0.25, -0.2) is 13.4 Å². The first-order valence-corrected chi connectivity index (χ1v) is 10.1. The van der Waals surface area contributed by atoms with Crippen LogP contribution in [0.2, 0.25) is 0 Å². The Hall–Kier alpha value is -1.73. The first kappa shape index (κ1) is 16.1. The van der Waals surface area contributed by atoms with Gasteiger partial charge >= 0.3 is 0 Å². The fourth-order valence-corrected chi connectivity index (χ4v) is 5.14. The minimum atomic E-state index is -2.98. The van der Waals surface area contributed by atoms with E-state index in [2.05, 4.69) is 16.4 Å². The van der Waals surface area contributed by atoms with Crippen LogP contribution in [0.15, 0.2) is 29.6 Å². The van der Waals surface area contributed by atoms with Crippen molar-refractivity contribution in [3.8, 4) is 10.6 Å². The van der Waals surface area contributed by atoms with Crippen LogP contribution in [0.5, 0.6) is 0 Å². The predicted molar refractivity (Wildman–Crippen MR) is 91.2 cm³/mol. The van der Waals surface area contributed by atoms with E-state index in [1.807, 2.05) is 30.5 Å². The second-order valence-corrected chi connectivity index (χ2v) is 8.94. The number of benzene rings is 1. The van der Waals surface area contributed by atoms with Crippen LogP contribution in [0.25, 0.3) is 10.6 Å². The van der Waals surface area contributed by atoms with Gasteiger partial charge in [0, 0.05) is 17.0 Å². The number of nitrogens with zero attached hydrogens (tertiary/aromatic N) is 1. The molecule has 1 aromatic heterocycles. The van der Waals surface area contributed by atoms with E-state index >= 15 is 0 Å². The number of sulfone groups is 1. The highest BCUT2D eigenvalue weighted by molar-refractivity contribution is 7.91. The lowest BCUT2D eigenvalue weighted by atomic mass is 10.1. The van der Waals surface area contributed by atoms with Gasteiger partial charge in [-0.1, -0.05) is 23.8 Å². The molecule has 122 valence electrons. The number of hydrogen-bond donors (Lipinski definition) is 1. The average molecular weight is 350 g/mol. The van der Waals surface area contributed by atoms with Gasteiger partial charge in [0.25, 0.3) is 0 Å². The topological polar surface area (TPSA) is 76.1 Å². The Kier molecular flexibility index (Phi) is 4.50. The standard InChI is InChI=1S/C16H18N2O3S2/c1-11-3-2-4-12(7-11)16-18-14(9-22-16)8-15(19)17-13-5-6-23(20,21)10-13/h2-4,7,9,13H,5-6,8,10H2,1H3,(H,17,19). The summed E-state index contributed by atoms with van der Waals surface area (Å²) in [6.07, 6.45) is 0.679. The van der Waals surface area contributed by atoms with Crippen LogP contribution in [0.1, 0.15) is 17.7 Å². The SMILES string of the molecule is Cc1cccc(-c2nc(CC(=O)NC3CCS(=O)(=O)C3)cs2)c1. The zero-order valence-electron chi connectivity index (χ0n) is 12.8. The van der Waals surface area contributed by atoms with Crippen LogP contribution in [-0.2, 0) is 21.1 Å². The van der Waals surface area contributed by atoms with E-state index in [4.69, 9.17) is 0 Å². The predicted octanol–water partition coefficient (Wildman–Crippen LogP) is 1.96. The van der Waals surface area contributed by atoms with Crippen LogP contribution in [0, 0.1) is 6.92 Å². The molecule has 1 aliphatic rings. The number of carbonyl (C=O) groups excluding carboxylic acids is 1. The molecule has 1 N–H and O–H groups in total. The molecule has 0 saturated carbocycles. The van der Waals surface area contributed by atoms with E-state index in [9.17, 15) is 13.2 Å². The summed E-state index contributed by atoms with van der Waals surface area (Å²) in [7, 11) is -2.98. The number of aromatic nitrogens is 1. The highest BCUT2D eigenvalue weighted by Crippen LogP contribution is 2.24. The van der Waals surface area contributed by atoms with Gasteiger partial charge in [-0.15, -0.1) is 11.3 Å². The Balaban J connectivity index is 1.62. The molecule has 2 aromatic rings. The Morgan fingerprint density at radius 1 is 1.43 bits per heavy atom. The Labute approximate surface area is 139 Å². The molecule has 0 bridgehead atoms. The number of aryl methyl sites for hydroxylation is 1. The van der Waals surface area contributed by atoms with Crippen molar-refractivity contribution in [2.24, 2.45) is 0 Å². The van der Waals surface area contributed by atoms with Crippen molar-refractivity contribution in [2.45, 2.75) is 25.8 Å². The summed E-state index contributed by atoms with van der Waals surface area (Å²) in [5.41, 5.74) is 2.92. The average Bonchev–Trinajstić information content (AvgIpc) is 3.05. The zero-order chi connectivity index (χ0) is 16.4. The molecular formula is C16H18N2O3S2. The lowest BCUT2D eigenvalue weighted by Crippen LogP contribution is -2.36. The molecule has 1 atom stereocenters. The molecule has 1 fully saturated rings. The maximum atomic E-state index is 12.0. The summed E-state index contributed by atoms with van der Waals surface area (Å²) in [6, 6.07) is 7.81. The molecular weight excluding hydrogens is 332 g/mol. The van der Waals surface area contributed by atoms with E-state index in [0.717, 1.165) is 10.6 Å². The molecule has 7 heteroatoms. The normalized spacial score (nSPS) is 19.6. The molecule has 2 heterocycles. The minimum absolute atomic E-state index is 0.0460. The lowest BCUT2D eigenvalue weighted by Gasteiger charge is -2.09. The maximum Gasteiger partial charge on any atom is 0.226 e. The van der Waals surface area contributed by atoms with Gasteiger partial charge in [0.05, 0.1) is 23.6 Å². The summed E-state index contributed by atoms with van der Waals surface area (Å²) in [4.78, 5) is 16.5. The van der Waals surface area contributed by atoms with Crippen molar-refractivity contribution < 1.29 is 13.2 Å². The van der Waals surface area contributed by atoms with Crippen molar-refractivity contribution in [1.29, 1.82) is 0 Å². The summed E-state index contributed by atoms with van der Waals surface area (Å²) < 4.78 is 22.8. The highest BCUT2D eigenvalue weighted by Gasteiger charge is 2.28. The van der Waals surface area contributed by atoms with E-state index in [0.29, 0.717) is 12.1 Å². The van der Waals surface area contributed by atoms with E-state index in [-0.39, 0.29) is 29.9 Å². The fourth-order valence-electron chi connectivity index (χ4n) is 2.65. The third-order valence-corrected chi connectivity index (χ3v) is 6.46. The van der Waals surface area contributed by atoms with Gasteiger partial charge in [-0.2, -0.15) is 0 Å². The monoisotopic (exact) mass is 350 g/mol. The summed E-state index contributed by atoms with van der Waals surface area (Å²) >= 11 is 1.51. The molecule has 0 radical (unpaired) electrons. The van der Waals surface area contributed by atoms with Crippen LogP contribution in [-0.4, -0.2) is 36.9 Å². The number of hydrogen-bond acceptors (Lipinski definition) is 5. The van der Waals surface area contributed by atoms with Crippen LogP contribution < -0.4 is 5.32 Å². The Morgan fingerprint density at radius 2 is 2.26 bits per heavy atom. The molecule has 1 unspecified atom stereocenters. The minimum Gasteiger partial charge on any atom is -0.352 e. The van der Waals surface area contributed by atoms with E-state index in [1.165, 1.54) is 16.9 Å². The van der Waals surface area contributed by atoms with Gasteiger partial charge in [-0.05, 0) is 19.4 Å². The fraction of sp³-hybridized carbons (Fsp3) is 0.375. The molecule has 3 rings (SSSR count). The van der Waals surface area contributed by atoms with Crippen LogP contribution >= 0.6 is 11.3 Å². The van der Waals surface area contributed by atoms with Gasteiger partial charge in [0.15, 0.2) is 9.84 Å². The van der Waals surface area contributed by atoms with Crippen molar-refractivity contribution in [2.75, 3.05) is 11.5 Å². The van der Waals surface area contributed by atoms with E-state index < -0.39 is 9.84 Å². The summed E-state index contributed by atoms with van der Waals surface area (Å²) in [5.74, 6) is 0.0319. The molecule has 5 nitrogen and oxygen atoms in total. The number of carbonyl (C=O) groups is 1. The molecule has 0 spiro atoms. The summed E-state index contributed by atoms with van der Waals surface area (Å²) in [6.45, 7) is 2.03. The molecule has 1 saturated heterocycles. The quantitative estimate of drug-likeness (QED) is 0.915. The summed E-state index contributed by atoms with van der Waals surface area (Å²) in [5, 5.41) is 5.55. The van der Waals surface area contributed by atoms with Crippen molar-refractivity contribution in [3.05, 3.63) is 40.9 Å². The molecule has 1 amide bonds. The van der Waals surface area contributed by atoms with Gasteiger partial charge in [0.2, 0.25) is 5.91 Å². The van der Waals surface area contributed by atoms with Crippen LogP contribution in [0.3, 0.4) is 0 Å². The second-order valence-electron chi connectivity index (χ2n) is 5.86. The first-order valence-electron chi connectivity index (χ1n) is 7.42. The third kappa shape index (κ3) is 4.17. The van der Waals surface area contributed by atoms with Crippen molar-refractivity contribution in [3.63, 3.8) is 0 Å². The molecule has 1 aromatic carbocycles. The van der Waals surface area contributed by atoms with Crippen LogP contribution in [0.4, 0.5) is 0 Å². The van der Waals surface area contributed by atoms with Gasteiger partial charge < -0.3 is 5.32 Å². The zero-order valence-corrected chi connectivity index (χ0v) is 14.4. The number of amides is 1. The lowest BCUT2D eigenvalue weighted by molar-refractivity contribution is -0.121. The van der Waals surface area contributed by atoms with Crippen molar-refractivity contribution >= 4 is 27.1 Å². The molecule has 0 aliphatic carbocycles. The van der Waals surface area contributed by atoms with E-state index in [1.54, 1.807) is 0 Å². The number of nitrogens with one attached hydrogen (secondary N) is 1. The van der Waals surface area contributed by atoms with Gasteiger partial charge in [0.1, 0.15) is 5.01 Å². The Morgan fingerprint density at radius 3 is 2.96 bits per heavy atom. The second kappa shape index (κ2) is 6.41. The first-order chi connectivity index (χ1) is 10.9. The number of thiazole rings is 1. The van der Waals surface area contributed by atoms with Gasteiger partial charge in [-0.3, -0.25) is 4.79 Å². The highest BCUT2D eigenvalue weighted by atomic mass is 32.2.